The van der Waals surface area contributed by atoms with Gasteiger partial charge in [-0.1, -0.05) is 23.7 Å². The second-order valence-electron chi connectivity index (χ2n) is 4.12. The molecule has 0 aliphatic carbocycles. The molecule has 0 saturated carbocycles. The summed E-state index contributed by atoms with van der Waals surface area (Å²) in [4.78, 5) is 0. The van der Waals surface area contributed by atoms with Crippen LogP contribution in [0.5, 0.6) is 0 Å². The summed E-state index contributed by atoms with van der Waals surface area (Å²) in [5, 5.41) is 11.2. The zero-order valence-corrected chi connectivity index (χ0v) is 13.6. The Morgan fingerprint density at radius 1 is 1.35 bits per heavy atom. The summed E-state index contributed by atoms with van der Waals surface area (Å²) in [6.07, 6.45) is 1.79. The number of para-hydroxylation sites is 1. The quantitative estimate of drug-likeness (QED) is 0.773. The molecule has 0 saturated heterocycles. The van der Waals surface area contributed by atoms with E-state index >= 15 is 0 Å². The van der Waals surface area contributed by atoms with Gasteiger partial charge in [-0.2, -0.15) is 5.10 Å². The van der Waals surface area contributed by atoms with Crippen molar-refractivity contribution in [2.75, 3.05) is 6.54 Å². The van der Waals surface area contributed by atoms with Gasteiger partial charge in [0, 0.05) is 6.54 Å². The predicted octanol–water partition coefficient (Wildman–Crippen LogP) is 2.14. The van der Waals surface area contributed by atoms with Crippen LogP contribution in [0.3, 0.4) is 0 Å². The van der Waals surface area contributed by atoms with Gasteiger partial charge in [0.2, 0.25) is 0 Å². The summed E-state index contributed by atoms with van der Waals surface area (Å²) in [5.41, 5.74) is 7.52. The number of hydrogen-bond acceptors (Lipinski definition) is 5. The Hall–Kier alpha value is -1.32. The van der Waals surface area contributed by atoms with Gasteiger partial charge < -0.3 is 0 Å². The summed E-state index contributed by atoms with van der Waals surface area (Å²) in [7, 11) is 0. The lowest BCUT2D eigenvalue weighted by Gasteiger charge is -2.15. The monoisotopic (exact) mass is 402 g/mol. The van der Waals surface area contributed by atoms with E-state index < -0.39 is 0 Å². The van der Waals surface area contributed by atoms with Gasteiger partial charge >= 0.3 is 0 Å². The average Bonchev–Trinajstić information content (AvgIpc) is 3.05. The Labute approximate surface area is 134 Å². The Kier molecular flexibility index (Phi) is 3.81. The van der Waals surface area contributed by atoms with Gasteiger partial charge in [0.15, 0.2) is 5.84 Å². The highest BCUT2D eigenvalue weighted by molar-refractivity contribution is 14.1. The maximum Gasteiger partial charge on any atom is 0.177 e. The Morgan fingerprint density at radius 2 is 2.15 bits per heavy atom. The predicted molar refractivity (Wildman–Crippen MR) is 86.5 cm³/mol. The van der Waals surface area contributed by atoms with Crippen LogP contribution in [0.15, 0.2) is 35.6 Å². The fourth-order valence-corrected chi connectivity index (χ4v) is 2.94. The molecule has 0 radical (unpaired) electrons. The van der Waals surface area contributed by atoms with E-state index in [0.717, 1.165) is 27.3 Å². The van der Waals surface area contributed by atoms with E-state index in [9.17, 15) is 0 Å². The molecular formula is C12H12ClIN6. The number of rotatable bonds is 3. The Bertz CT molecular complexity index is 668. The first-order valence-electron chi connectivity index (χ1n) is 6.07. The molecule has 104 valence electrons. The van der Waals surface area contributed by atoms with Gasteiger partial charge in [-0.25, -0.2) is 10.2 Å². The topological polar surface area (TPSA) is 57.5 Å². The molecule has 6 nitrogen and oxygen atoms in total. The number of aromatic nitrogens is 2. The average molecular weight is 403 g/mol. The standard InChI is InChI=1S/C12H12ClIN6/c1-2-19-12(16-17-18-19)8-7-15-20(11(8)14)10-6-4-3-5-9(10)13/h3-7,17-18H,2H2,1H3. The van der Waals surface area contributed by atoms with Crippen LogP contribution in [0.2, 0.25) is 5.02 Å². The van der Waals surface area contributed by atoms with Crippen molar-refractivity contribution in [1.82, 2.24) is 25.9 Å². The normalized spacial score (nSPS) is 14.3. The van der Waals surface area contributed by atoms with Crippen molar-refractivity contribution in [1.29, 1.82) is 0 Å². The second-order valence-corrected chi connectivity index (χ2v) is 5.54. The van der Waals surface area contributed by atoms with E-state index in [2.05, 4.69) is 43.9 Å². The van der Waals surface area contributed by atoms with Crippen LogP contribution in [0, 0.1) is 3.70 Å². The SMILES string of the molecule is CCN1NNN=C1c1cnn(-c2ccccc2Cl)c1I. The second kappa shape index (κ2) is 5.58. The lowest BCUT2D eigenvalue weighted by Crippen LogP contribution is -2.41. The van der Waals surface area contributed by atoms with Gasteiger partial charge in [0.1, 0.15) is 3.70 Å². The number of benzene rings is 1. The van der Waals surface area contributed by atoms with Gasteiger partial charge in [-0.15, -0.1) is 10.6 Å². The first kappa shape index (κ1) is 13.7. The molecule has 1 aromatic heterocycles. The fraction of sp³-hybridized carbons (Fsp3) is 0.167. The van der Waals surface area contributed by atoms with E-state index in [1.54, 1.807) is 6.20 Å². The zero-order chi connectivity index (χ0) is 14.1. The summed E-state index contributed by atoms with van der Waals surface area (Å²) < 4.78 is 2.77. The number of amidine groups is 1. The fourth-order valence-electron chi connectivity index (χ4n) is 1.96. The molecule has 0 amide bonds. The zero-order valence-electron chi connectivity index (χ0n) is 10.6. The lowest BCUT2D eigenvalue weighted by atomic mass is 10.3. The molecule has 0 fully saturated rings. The first-order valence-corrected chi connectivity index (χ1v) is 7.52. The van der Waals surface area contributed by atoms with E-state index in [4.69, 9.17) is 11.6 Å². The summed E-state index contributed by atoms with van der Waals surface area (Å²) in [5.74, 6) is 0.815. The minimum atomic E-state index is 0.664. The van der Waals surface area contributed by atoms with E-state index in [-0.39, 0.29) is 0 Å². The van der Waals surface area contributed by atoms with Crippen molar-refractivity contribution in [2.24, 2.45) is 5.10 Å². The molecule has 2 heterocycles. The third-order valence-electron chi connectivity index (χ3n) is 2.95. The van der Waals surface area contributed by atoms with E-state index in [1.807, 2.05) is 40.9 Å². The van der Waals surface area contributed by atoms with Crippen molar-refractivity contribution in [3.8, 4) is 5.69 Å². The minimum absolute atomic E-state index is 0.664. The Balaban J connectivity index is 2.04. The summed E-state index contributed by atoms with van der Waals surface area (Å²) in [6, 6.07) is 7.62. The molecule has 2 aromatic rings. The highest BCUT2D eigenvalue weighted by Crippen LogP contribution is 2.24. The molecule has 20 heavy (non-hydrogen) atoms. The van der Waals surface area contributed by atoms with Crippen molar-refractivity contribution in [2.45, 2.75) is 6.92 Å². The molecule has 8 heteroatoms. The third kappa shape index (κ3) is 2.25. The number of hydrogen-bond donors (Lipinski definition) is 2. The largest absolute Gasteiger partial charge is 0.271 e. The van der Waals surface area contributed by atoms with Gasteiger partial charge in [0.25, 0.3) is 0 Å². The van der Waals surface area contributed by atoms with Crippen molar-refractivity contribution >= 4 is 40.0 Å². The number of hydrazine groups is 2. The number of halogens is 2. The first-order chi connectivity index (χ1) is 9.72. The van der Waals surface area contributed by atoms with Crippen LogP contribution in [0.25, 0.3) is 5.69 Å². The molecule has 2 N–H and O–H groups in total. The lowest BCUT2D eigenvalue weighted by molar-refractivity contribution is 0.308. The van der Waals surface area contributed by atoms with Crippen LogP contribution in [0.1, 0.15) is 12.5 Å². The maximum atomic E-state index is 6.23. The van der Waals surface area contributed by atoms with Crippen molar-refractivity contribution in [3.05, 3.63) is 44.7 Å². The summed E-state index contributed by atoms with van der Waals surface area (Å²) in [6.45, 7) is 2.83. The molecule has 0 atom stereocenters. The maximum absolute atomic E-state index is 6.23. The molecule has 1 aliphatic rings. The minimum Gasteiger partial charge on any atom is -0.271 e. The number of hydrazone groups is 1. The van der Waals surface area contributed by atoms with Crippen LogP contribution >= 0.6 is 34.2 Å². The van der Waals surface area contributed by atoms with Crippen molar-refractivity contribution in [3.63, 3.8) is 0 Å². The van der Waals surface area contributed by atoms with Gasteiger partial charge in [0.05, 0.1) is 22.5 Å². The van der Waals surface area contributed by atoms with Crippen molar-refractivity contribution < 1.29 is 0 Å². The number of nitrogens with one attached hydrogen (secondary N) is 2. The van der Waals surface area contributed by atoms with Gasteiger partial charge in [-0.3, -0.25) is 5.01 Å². The highest BCUT2D eigenvalue weighted by Gasteiger charge is 2.23. The molecular weight excluding hydrogens is 391 g/mol. The summed E-state index contributed by atoms with van der Waals surface area (Å²) >= 11 is 8.48. The number of nitrogens with zero attached hydrogens (tertiary/aromatic N) is 4. The van der Waals surface area contributed by atoms with Crippen LogP contribution in [0.4, 0.5) is 0 Å². The molecule has 0 bridgehead atoms. The highest BCUT2D eigenvalue weighted by atomic mass is 127. The van der Waals surface area contributed by atoms with E-state index in [0.29, 0.717) is 5.02 Å². The smallest absolute Gasteiger partial charge is 0.177 e. The molecule has 0 spiro atoms. The van der Waals surface area contributed by atoms with Crippen LogP contribution in [-0.2, 0) is 0 Å². The van der Waals surface area contributed by atoms with Gasteiger partial charge in [-0.05, 0) is 41.6 Å². The Morgan fingerprint density at radius 3 is 2.90 bits per heavy atom. The third-order valence-corrected chi connectivity index (χ3v) is 4.31. The molecule has 0 unspecified atom stereocenters. The molecule has 1 aromatic carbocycles. The van der Waals surface area contributed by atoms with Crippen LogP contribution in [-0.4, -0.2) is 27.2 Å². The van der Waals surface area contributed by atoms with E-state index in [1.165, 1.54) is 0 Å². The molecule has 3 rings (SSSR count). The molecule has 1 aliphatic heterocycles. The van der Waals surface area contributed by atoms with Crippen LogP contribution < -0.4 is 11.1 Å².